The number of aromatic nitrogens is 2. The molecule has 0 amide bonds. The first kappa shape index (κ1) is 13.2. The molecule has 96 valence electrons. The van der Waals surface area contributed by atoms with Crippen molar-refractivity contribution in [1.82, 2.24) is 4.57 Å². The minimum Gasteiger partial charge on any atom is -0.237 e. The van der Waals surface area contributed by atoms with Gasteiger partial charge in [-0.05, 0) is 37.0 Å². The Morgan fingerprint density at radius 1 is 1.17 bits per heavy atom. The van der Waals surface area contributed by atoms with Crippen molar-refractivity contribution in [3.05, 3.63) is 53.1 Å². The lowest BCUT2D eigenvalue weighted by Crippen LogP contribution is -2.29. The molecular formula is C15H20ClN2+. The van der Waals surface area contributed by atoms with Crippen molar-refractivity contribution in [3.63, 3.8) is 0 Å². The van der Waals surface area contributed by atoms with Gasteiger partial charge in [0, 0.05) is 11.9 Å². The molecule has 0 atom stereocenters. The van der Waals surface area contributed by atoms with Gasteiger partial charge in [-0.15, -0.1) is 0 Å². The highest BCUT2D eigenvalue weighted by Crippen LogP contribution is 2.12. The minimum absolute atomic E-state index is 0.814. The van der Waals surface area contributed by atoms with Crippen LogP contribution in [0.5, 0.6) is 0 Å². The van der Waals surface area contributed by atoms with Crippen molar-refractivity contribution in [2.75, 3.05) is 0 Å². The summed E-state index contributed by atoms with van der Waals surface area (Å²) in [7, 11) is 2.08. The lowest BCUT2D eigenvalue weighted by molar-refractivity contribution is -0.677. The maximum atomic E-state index is 5.87. The Bertz CT molecular complexity index is 500. The molecule has 1 aromatic carbocycles. The van der Waals surface area contributed by atoms with Gasteiger partial charge in [0.15, 0.2) is 0 Å². The minimum atomic E-state index is 0.814. The number of halogens is 1. The summed E-state index contributed by atoms with van der Waals surface area (Å²) in [5.41, 5.74) is 1.37. The smallest absolute Gasteiger partial charge is 0.237 e. The number of unbranched alkanes of at least 4 members (excludes halogenated alkanes) is 1. The maximum Gasteiger partial charge on any atom is 0.253 e. The van der Waals surface area contributed by atoms with E-state index in [1.165, 1.54) is 24.2 Å². The van der Waals surface area contributed by atoms with Gasteiger partial charge in [0.1, 0.15) is 12.4 Å². The van der Waals surface area contributed by atoms with E-state index < -0.39 is 0 Å². The zero-order valence-electron chi connectivity index (χ0n) is 11.1. The van der Waals surface area contributed by atoms with E-state index in [4.69, 9.17) is 11.6 Å². The molecule has 0 unspecified atom stereocenters. The second-order valence-electron chi connectivity index (χ2n) is 4.73. The van der Waals surface area contributed by atoms with Crippen LogP contribution in [0.1, 0.15) is 24.2 Å². The monoisotopic (exact) mass is 263 g/mol. The van der Waals surface area contributed by atoms with Crippen LogP contribution in [0.2, 0.25) is 5.02 Å². The normalized spacial score (nSPS) is 10.8. The lowest BCUT2D eigenvalue weighted by atomic mass is 10.1. The Labute approximate surface area is 114 Å². The van der Waals surface area contributed by atoms with Gasteiger partial charge in [-0.1, -0.05) is 23.7 Å². The molecule has 0 bridgehead atoms. The molecule has 0 fully saturated rings. The van der Waals surface area contributed by atoms with E-state index in [-0.39, 0.29) is 0 Å². The van der Waals surface area contributed by atoms with Crippen LogP contribution >= 0.6 is 11.6 Å². The third-order valence-electron chi connectivity index (χ3n) is 3.42. The number of hydrogen-bond donors (Lipinski definition) is 0. The fourth-order valence-corrected chi connectivity index (χ4v) is 2.22. The number of aryl methyl sites for hydroxylation is 3. The molecule has 0 radical (unpaired) electrons. The molecule has 1 heterocycles. The van der Waals surface area contributed by atoms with E-state index in [0.717, 1.165) is 18.0 Å². The molecule has 0 spiro atoms. The van der Waals surface area contributed by atoms with Crippen LogP contribution in [0.15, 0.2) is 36.7 Å². The number of imidazole rings is 1. The summed E-state index contributed by atoms with van der Waals surface area (Å²) in [6.45, 7) is 3.25. The van der Waals surface area contributed by atoms with Crippen LogP contribution in [0.3, 0.4) is 0 Å². The van der Waals surface area contributed by atoms with Gasteiger partial charge >= 0.3 is 0 Å². The van der Waals surface area contributed by atoms with Gasteiger partial charge in [0.25, 0.3) is 5.82 Å². The summed E-state index contributed by atoms with van der Waals surface area (Å²) in [6.07, 6.45) is 7.80. The molecule has 3 heteroatoms. The molecule has 0 saturated heterocycles. The first-order valence-electron chi connectivity index (χ1n) is 6.42. The summed E-state index contributed by atoms with van der Waals surface area (Å²) in [5, 5.41) is 0.814. The Morgan fingerprint density at radius 2 is 1.89 bits per heavy atom. The molecule has 0 saturated carbocycles. The molecule has 0 aliphatic carbocycles. The van der Waals surface area contributed by atoms with Crippen molar-refractivity contribution >= 4 is 11.6 Å². The first-order chi connectivity index (χ1) is 8.66. The summed E-state index contributed by atoms with van der Waals surface area (Å²) in [5.74, 6) is 1.31. The maximum absolute atomic E-state index is 5.87. The van der Waals surface area contributed by atoms with Crippen molar-refractivity contribution in [2.24, 2.45) is 7.05 Å². The first-order valence-corrected chi connectivity index (χ1v) is 6.80. The summed E-state index contributed by atoms with van der Waals surface area (Å²) >= 11 is 5.87. The highest BCUT2D eigenvalue weighted by atomic mass is 35.5. The van der Waals surface area contributed by atoms with Crippen LogP contribution in [0.25, 0.3) is 0 Å². The zero-order chi connectivity index (χ0) is 13.0. The third kappa shape index (κ3) is 3.36. The number of hydrogen-bond acceptors (Lipinski definition) is 0. The number of rotatable bonds is 5. The second-order valence-corrected chi connectivity index (χ2v) is 5.17. The quantitative estimate of drug-likeness (QED) is 0.578. The van der Waals surface area contributed by atoms with E-state index in [1.807, 2.05) is 12.1 Å². The molecular weight excluding hydrogens is 244 g/mol. The average Bonchev–Trinajstić information content (AvgIpc) is 2.68. The van der Waals surface area contributed by atoms with Crippen LogP contribution in [-0.2, 0) is 20.0 Å². The second kappa shape index (κ2) is 6.05. The fraction of sp³-hybridized carbons (Fsp3) is 0.400. The molecule has 0 aliphatic heterocycles. The standard InChI is InChI=1S/C15H20ClN2/c1-13-17(2)11-12-18(13)10-4-3-5-14-6-8-15(16)9-7-14/h6-9,11-12H,3-5,10H2,1-2H3/q+1. The Balaban J connectivity index is 1.76. The average molecular weight is 264 g/mol. The van der Waals surface area contributed by atoms with Crippen LogP contribution < -0.4 is 4.57 Å². The van der Waals surface area contributed by atoms with E-state index in [0.29, 0.717) is 0 Å². The van der Waals surface area contributed by atoms with Crippen molar-refractivity contribution in [1.29, 1.82) is 0 Å². The Hall–Kier alpha value is -1.28. The molecule has 0 aliphatic rings. The third-order valence-corrected chi connectivity index (χ3v) is 3.68. The van der Waals surface area contributed by atoms with Crippen molar-refractivity contribution < 1.29 is 4.57 Å². The Kier molecular flexibility index (Phi) is 4.43. The number of nitrogens with zero attached hydrogens (tertiary/aromatic N) is 2. The topological polar surface area (TPSA) is 8.81 Å². The molecule has 2 nitrogen and oxygen atoms in total. The summed E-state index contributed by atoms with van der Waals surface area (Å²) in [4.78, 5) is 0. The van der Waals surface area contributed by atoms with Gasteiger partial charge in [-0.2, -0.15) is 0 Å². The van der Waals surface area contributed by atoms with Gasteiger partial charge < -0.3 is 0 Å². The predicted octanol–water partition coefficient (Wildman–Crippen LogP) is 3.30. The van der Waals surface area contributed by atoms with E-state index in [1.54, 1.807) is 0 Å². The zero-order valence-corrected chi connectivity index (χ0v) is 11.8. The summed E-state index contributed by atoms with van der Waals surface area (Å²) < 4.78 is 4.46. The lowest BCUT2D eigenvalue weighted by Gasteiger charge is -2.02. The predicted molar refractivity (Wildman–Crippen MR) is 74.7 cm³/mol. The molecule has 18 heavy (non-hydrogen) atoms. The largest absolute Gasteiger partial charge is 0.253 e. The molecule has 2 rings (SSSR count). The molecule has 2 aromatic rings. The highest BCUT2D eigenvalue weighted by Gasteiger charge is 2.07. The van der Waals surface area contributed by atoms with E-state index in [2.05, 4.69) is 47.6 Å². The highest BCUT2D eigenvalue weighted by molar-refractivity contribution is 6.30. The molecule has 0 N–H and O–H groups in total. The molecule has 1 aromatic heterocycles. The van der Waals surface area contributed by atoms with Crippen LogP contribution in [0, 0.1) is 6.92 Å². The van der Waals surface area contributed by atoms with Crippen molar-refractivity contribution in [3.8, 4) is 0 Å². The van der Waals surface area contributed by atoms with Gasteiger partial charge in [-0.25, -0.2) is 9.13 Å². The Morgan fingerprint density at radius 3 is 2.50 bits per heavy atom. The van der Waals surface area contributed by atoms with Crippen molar-refractivity contribution in [2.45, 2.75) is 32.7 Å². The van der Waals surface area contributed by atoms with E-state index >= 15 is 0 Å². The van der Waals surface area contributed by atoms with Crippen LogP contribution in [-0.4, -0.2) is 4.57 Å². The van der Waals surface area contributed by atoms with Gasteiger partial charge in [-0.3, -0.25) is 0 Å². The van der Waals surface area contributed by atoms with E-state index in [9.17, 15) is 0 Å². The van der Waals surface area contributed by atoms with Crippen LogP contribution in [0.4, 0.5) is 0 Å². The van der Waals surface area contributed by atoms with Gasteiger partial charge in [0.2, 0.25) is 0 Å². The fourth-order valence-electron chi connectivity index (χ4n) is 2.10. The van der Waals surface area contributed by atoms with Gasteiger partial charge in [0.05, 0.1) is 13.6 Å². The SMILES string of the molecule is Cc1n(CCCCc2ccc(Cl)cc2)cc[n+]1C. The summed E-state index contributed by atoms with van der Waals surface area (Å²) in [6, 6.07) is 8.16. The number of benzene rings is 1.